The maximum atomic E-state index is 6.23. The summed E-state index contributed by atoms with van der Waals surface area (Å²) in [6.45, 7) is 4.12. The molecule has 1 aromatic carbocycles. The van der Waals surface area contributed by atoms with Gasteiger partial charge in [-0.1, -0.05) is 18.2 Å². The van der Waals surface area contributed by atoms with E-state index in [1.165, 1.54) is 31.4 Å². The third kappa shape index (κ3) is 1.66. The maximum absolute atomic E-state index is 6.23. The van der Waals surface area contributed by atoms with Crippen LogP contribution in [-0.4, -0.2) is 18.6 Å². The molecule has 98 valence electrons. The predicted octanol–water partition coefficient (Wildman–Crippen LogP) is 3.03. The fourth-order valence-corrected chi connectivity index (χ4v) is 4.47. The zero-order valence-electron chi connectivity index (χ0n) is 11.3. The number of rotatable bonds is 4. The van der Waals surface area contributed by atoms with Crippen LogP contribution in [-0.2, 0) is 0 Å². The molecule has 18 heavy (non-hydrogen) atoms. The molecule has 2 fully saturated rings. The monoisotopic (exact) mass is 244 g/mol. The van der Waals surface area contributed by atoms with Gasteiger partial charge in [-0.25, -0.2) is 0 Å². The second-order valence-corrected chi connectivity index (χ2v) is 5.97. The molecule has 3 atom stereocenters. The Labute approximate surface area is 110 Å². The van der Waals surface area contributed by atoms with Crippen LogP contribution in [0.15, 0.2) is 30.3 Å². The van der Waals surface area contributed by atoms with Crippen molar-refractivity contribution in [2.75, 3.05) is 18.0 Å². The summed E-state index contributed by atoms with van der Waals surface area (Å²) in [6, 6.07) is 10.8. The molecule has 2 aliphatic carbocycles. The highest BCUT2D eigenvalue weighted by atomic mass is 15.2. The summed E-state index contributed by atoms with van der Waals surface area (Å²) in [6.07, 6.45) is 5.52. The summed E-state index contributed by atoms with van der Waals surface area (Å²) in [4.78, 5) is 2.58. The van der Waals surface area contributed by atoms with Crippen LogP contribution in [0.3, 0.4) is 0 Å². The Morgan fingerprint density at radius 1 is 1.28 bits per heavy atom. The van der Waals surface area contributed by atoms with E-state index in [2.05, 4.69) is 42.2 Å². The summed E-state index contributed by atoms with van der Waals surface area (Å²) in [5.74, 6) is 1.74. The smallest absolute Gasteiger partial charge is 0.0554 e. The van der Waals surface area contributed by atoms with E-state index in [-0.39, 0.29) is 5.54 Å². The van der Waals surface area contributed by atoms with Gasteiger partial charge in [-0.2, -0.15) is 0 Å². The maximum Gasteiger partial charge on any atom is 0.0554 e. The molecule has 2 aliphatic rings. The molecule has 0 radical (unpaired) electrons. The second-order valence-electron chi connectivity index (χ2n) is 5.97. The van der Waals surface area contributed by atoms with Crippen LogP contribution >= 0.6 is 0 Å². The SMILES string of the molecule is CCN(c1ccccc1)C1(CN)CC2CCC1C2. The van der Waals surface area contributed by atoms with Gasteiger partial charge in [0, 0.05) is 18.8 Å². The van der Waals surface area contributed by atoms with E-state index in [9.17, 15) is 0 Å². The molecule has 3 rings (SSSR count). The molecule has 2 bridgehead atoms. The van der Waals surface area contributed by atoms with Crippen molar-refractivity contribution >= 4 is 5.69 Å². The van der Waals surface area contributed by atoms with Crippen LogP contribution in [0.5, 0.6) is 0 Å². The number of para-hydroxylation sites is 1. The zero-order chi connectivity index (χ0) is 12.6. The van der Waals surface area contributed by atoms with Crippen molar-refractivity contribution in [3.8, 4) is 0 Å². The number of nitrogens with two attached hydrogens (primary N) is 1. The number of likely N-dealkylation sites (N-methyl/N-ethyl adjacent to an activating group) is 1. The Morgan fingerprint density at radius 2 is 2.06 bits per heavy atom. The highest BCUT2D eigenvalue weighted by molar-refractivity contribution is 5.50. The van der Waals surface area contributed by atoms with Crippen molar-refractivity contribution in [1.29, 1.82) is 0 Å². The van der Waals surface area contributed by atoms with Crippen molar-refractivity contribution in [2.24, 2.45) is 17.6 Å². The van der Waals surface area contributed by atoms with E-state index in [0.717, 1.165) is 24.9 Å². The summed E-state index contributed by atoms with van der Waals surface area (Å²) in [5.41, 5.74) is 7.81. The number of hydrogen-bond donors (Lipinski definition) is 1. The average Bonchev–Trinajstić information content (AvgIpc) is 3.02. The zero-order valence-corrected chi connectivity index (χ0v) is 11.3. The molecule has 2 heteroatoms. The van der Waals surface area contributed by atoms with Crippen LogP contribution in [0, 0.1) is 11.8 Å². The molecular weight excluding hydrogens is 220 g/mol. The first kappa shape index (κ1) is 12.0. The number of fused-ring (bicyclic) bond motifs is 2. The standard InChI is InChI=1S/C16H24N2/c1-2-18(15-6-4-3-5-7-15)16(12-17)11-13-8-9-14(16)10-13/h3-7,13-14H,2,8-12,17H2,1H3. The topological polar surface area (TPSA) is 29.3 Å². The molecule has 0 saturated heterocycles. The molecule has 2 N–H and O–H groups in total. The molecule has 3 unspecified atom stereocenters. The van der Waals surface area contributed by atoms with Gasteiger partial charge in [0.1, 0.15) is 0 Å². The Bertz CT molecular complexity index is 403. The van der Waals surface area contributed by atoms with E-state index >= 15 is 0 Å². The van der Waals surface area contributed by atoms with Crippen molar-refractivity contribution in [1.82, 2.24) is 0 Å². The van der Waals surface area contributed by atoms with E-state index in [0.29, 0.717) is 0 Å². The van der Waals surface area contributed by atoms with Crippen LogP contribution in [0.4, 0.5) is 5.69 Å². The minimum Gasteiger partial charge on any atom is -0.365 e. The van der Waals surface area contributed by atoms with Gasteiger partial charge in [0.2, 0.25) is 0 Å². The highest BCUT2D eigenvalue weighted by Crippen LogP contribution is 2.53. The van der Waals surface area contributed by atoms with E-state index in [1.807, 2.05) is 0 Å². The number of benzene rings is 1. The second kappa shape index (κ2) is 4.58. The van der Waals surface area contributed by atoms with E-state index in [4.69, 9.17) is 5.73 Å². The summed E-state index contributed by atoms with van der Waals surface area (Å²) in [7, 11) is 0. The Kier molecular flexibility index (Phi) is 3.06. The minimum absolute atomic E-state index is 0.235. The average molecular weight is 244 g/mol. The normalized spacial score (nSPS) is 33.9. The first-order valence-corrected chi connectivity index (χ1v) is 7.33. The Hall–Kier alpha value is -1.02. The fourth-order valence-electron chi connectivity index (χ4n) is 4.47. The predicted molar refractivity (Wildman–Crippen MR) is 76.7 cm³/mol. The first-order valence-electron chi connectivity index (χ1n) is 7.33. The summed E-state index contributed by atoms with van der Waals surface area (Å²) < 4.78 is 0. The molecule has 0 heterocycles. The van der Waals surface area contributed by atoms with Crippen LogP contribution in [0.1, 0.15) is 32.6 Å². The molecule has 0 aromatic heterocycles. The van der Waals surface area contributed by atoms with Gasteiger partial charge in [0.15, 0.2) is 0 Å². The quantitative estimate of drug-likeness (QED) is 0.882. The van der Waals surface area contributed by atoms with Gasteiger partial charge < -0.3 is 10.6 Å². The lowest BCUT2D eigenvalue weighted by Crippen LogP contribution is -2.57. The third-order valence-corrected chi connectivity index (χ3v) is 5.22. The van der Waals surface area contributed by atoms with Crippen molar-refractivity contribution in [3.63, 3.8) is 0 Å². The third-order valence-electron chi connectivity index (χ3n) is 5.22. The molecule has 0 spiro atoms. The molecule has 2 nitrogen and oxygen atoms in total. The van der Waals surface area contributed by atoms with Crippen LogP contribution < -0.4 is 10.6 Å². The number of hydrogen-bond acceptors (Lipinski definition) is 2. The first-order chi connectivity index (χ1) is 8.80. The Morgan fingerprint density at radius 3 is 2.56 bits per heavy atom. The highest BCUT2D eigenvalue weighted by Gasteiger charge is 2.53. The van der Waals surface area contributed by atoms with Crippen molar-refractivity contribution < 1.29 is 0 Å². The van der Waals surface area contributed by atoms with Crippen LogP contribution in [0.2, 0.25) is 0 Å². The van der Waals surface area contributed by atoms with Gasteiger partial charge in [0.05, 0.1) is 5.54 Å². The summed E-state index contributed by atoms with van der Waals surface area (Å²) >= 11 is 0. The minimum atomic E-state index is 0.235. The molecule has 1 aromatic rings. The van der Waals surface area contributed by atoms with E-state index < -0.39 is 0 Å². The van der Waals surface area contributed by atoms with E-state index in [1.54, 1.807) is 0 Å². The molecule has 2 saturated carbocycles. The fraction of sp³-hybridized carbons (Fsp3) is 0.625. The summed E-state index contributed by atoms with van der Waals surface area (Å²) in [5, 5.41) is 0. The van der Waals surface area contributed by atoms with Gasteiger partial charge in [-0.05, 0) is 56.6 Å². The van der Waals surface area contributed by atoms with Gasteiger partial charge in [0.25, 0.3) is 0 Å². The van der Waals surface area contributed by atoms with Crippen molar-refractivity contribution in [2.45, 2.75) is 38.1 Å². The number of nitrogens with zero attached hydrogens (tertiary/aromatic N) is 1. The van der Waals surface area contributed by atoms with Gasteiger partial charge >= 0.3 is 0 Å². The lowest BCUT2D eigenvalue weighted by molar-refractivity contribution is 0.260. The molecule has 0 aliphatic heterocycles. The van der Waals surface area contributed by atoms with Gasteiger partial charge in [-0.3, -0.25) is 0 Å². The molecule has 0 amide bonds. The molecular formula is C16H24N2. The lowest BCUT2D eigenvalue weighted by atomic mass is 9.79. The number of anilines is 1. The Balaban J connectivity index is 1.95. The largest absolute Gasteiger partial charge is 0.365 e. The van der Waals surface area contributed by atoms with Gasteiger partial charge in [-0.15, -0.1) is 0 Å². The van der Waals surface area contributed by atoms with Crippen LogP contribution in [0.25, 0.3) is 0 Å². The van der Waals surface area contributed by atoms with Crippen molar-refractivity contribution in [3.05, 3.63) is 30.3 Å². The lowest BCUT2D eigenvalue weighted by Gasteiger charge is -2.47.